The molecule has 0 saturated heterocycles. The van der Waals surface area contributed by atoms with Gasteiger partial charge in [0.25, 0.3) is 5.56 Å². The van der Waals surface area contributed by atoms with E-state index in [1.807, 2.05) is 30.3 Å². The van der Waals surface area contributed by atoms with Crippen molar-refractivity contribution in [2.45, 2.75) is 13.5 Å². The SMILES string of the molecule is Cc1cc(=O)n2nc(COC(=O)/C=C/c3ccccc3)sc2n1. The maximum atomic E-state index is 11.8. The van der Waals surface area contributed by atoms with Crippen LogP contribution in [0.4, 0.5) is 0 Å². The fourth-order valence-electron chi connectivity index (χ4n) is 1.93. The number of nitrogens with zero attached hydrogens (tertiary/aromatic N) is 3. The lowest BCUT2D eigenvalue weighted by atomic mass is 10.2. The van der Waals surface area contributed by atoms with Crippen LogP contribution in [0.2, 0.25) is 0 Å². The Morgan fingerprint density at radius 3 is 2.91 bits per heavy atom. The highest BCUT2D eigenvalue weighted by Gasteiger charge is 2.09. The average Bonchev–Trinajstić information content (AvgIpc) is 2.95. The lowest BCUT2D eigenvalue weighted by molar-refractivity contribution is -0.138. The molecule has 2 heterocycles. The molecule has 23 heavy (non-hydrogen) atoms. The van der Waals surface area contributed by atoms with Crippen molar-refractivity contribution in [3.63, 3.8) is 0 Å². The number of fused-ring (bicyclic) bond motifs is 1. The normalized spacial score (nSPS) is 11.2. The van der Waals surface area contributed by atoms with E-state index in [0.29, 0.717) is 15.7 Å². The standard InChI is InChI=1S/C16H13N3O3S/c1-11-9-14(20)19-16(17-11)23-13(18-19)10-22-15(21)8-7-12-5-3-2-4-6-12/h2-9H,10H2,1H3/b8-7+. The molecule has 0 aliphatic rings. The first-order chi connectivity index (χ1) is 11.1. The van der Waals surface area contributed by atoms with Crippen LogP contribution in [0.1, 0.15) is 16.3 Å². The average molecular weight is 327 g/mol. The van der Waals surface area contributed by atoms with Gasteiger partial charge in [0.1, 0.15) is 6.61 Å². The summed E-state index contributed by atoms with van der Waals surface area (Å²) in [6, 6.07) is 10.9. The van der Waals surface area contributed by atoms with Crippen molar-refractivity contribution >= 4 is 28.3 Å². The van der Waals surface area contributed by atoms with Crippen molar-refractivity contribution in [1.82, 2.24) is 14.6 Å². The highest BCUT2D eigenvalue weighted by molar-refractivity contribution is 7.16. The highest BCUT2D eigenvalue weighted by Crippen LogP contribution is 2.12. The second-order valence-corrected chi connectivity index (χ2v) is 5.82. The van der Waals surface area contributed by atoms with E-state index in [-0.39, 0.29) is 12.2 Å². The Kier molecular flexibility index (Phi) is 4.29. The molecule has 0 aliphatic carbocycles. The summed E-state index contributed by atoms with van der Waals surface area (Å²) in [7, 11) is 0. The molecule has 7 heteroatoms. The molecule has 3 aromatic rings. The Labute approximate surface area is 135 Å². The first-order valence-corrected chi connectivity index (χ1v) is 7.70. The van der Waals surface area contributed by atoms with Crippen LogP contribution in [-0.2, 0) is 16.1 Å². The summed E-state index contributed by atoms with van der Waals surface area (Å²) < 4.78 is 6.34. The third-order valence-electron chi connectivity index (χ3n) is 2.96. The minimum absolute atomic E-state index is 0.00444. The van der Waals surface area contributed by atoms with E-state index in [9.17, 15) is 9.59 Å². The van der Waals surface area contributed by atoms with Crippen LogP contribution in [0.3, 0.4) is 0 Å². The second kappa shape index (κ2) is 6.53. The number of hydrogen-bond donors (Lipinski definition) is 0. The predicted octanol–water partition coefficient (Wildman–Crippen LogP) is 2.22. The maximum Gasteiger partial charge on any atom is 0.331 e. The summed E-state index contributed by atoms with van der Waals surface area (Å²) in [6.07, 6.45) is 3.04. The first kappa shape index (κ1) is 15.1. The number of hydrogen-bond acceptors (Lipinski definition) is 6. The summed E-state index contributed by atoms with van der Waals surface area (Å²) in [5, 5.41) is 4.62. The Morgan fingerprint density at radius 2 is 2.13 bits per heavy atom. The zero-order valence-corrected chi connectivity index (χ0v) is 13.1. The lowest BCUT2D eigenvalue weighted by Crippen LogP contribution is -2.14. The molecule has 0 saturated carbocycles. The van der Waals surface area contributed by atoms with Gasteiger partial charge in [-0.1, -0.05) is 41.7 Å². The molecule has 6 nitrogen and oxygen atoms in total. The van der Waals surface area contributed by atoms with E-state index in [1.54, 1.807) is 13.0 Å². The number of aryl methyl sites for hydroxylation is 1. The van der Waals surface area contributed by atoms with Crippen molar-refractivity contribution < 1.29 is 9.53 Å². The van der Waals surface area contributed by atoms with E-state index < -0.39 is 5.97 Å². The first-order valence-electron chi connectivity index (χ1n) is 6.88. The summed E-state index contributed by atoms with van der Waals surface area (Å²) >= 11 is 1.22. The van der Waals surface area contributed by atoms with Crippen LogP contribution in [0, 0.1) is 6.92 Å². The van der Waals surface area contributed by atoms with Crippen LogP contribution >= 0.6 is 11.3 Å². The van der Waals surface area contributed by atoms with Crippen LogP contribution in [-0.4, -0.2) is 20.6 Å². The smallest absolute Gasteiger partial charge is 0.331 e. The van der Waals surface area contributed by atoms with E-state index in [2.05, 4.69) is 10.1 Å². The van der Waals surface area contributed by atoms with Gasteiger partial charge < -0.3 is 4.74 Å². The summed E-state index contributed by atoms with van der Waals surface area (Å²) in [6.45, 7) is 1.75. The number of carbonyl (C=O) groups is 1. The van der Waals surface area contributed by atoms with Crippen LogP contribution in [0.15, 0.2) is 47.3 Å². The zero-order chi connectivity index (χ0) is 16.2. The van der Waals surface area contributed by atoms with Gasteiger partial charge in [-0.3, -0.25) is 4.79 Å². The third-order valence-corrected chi connectivity index (χ3v) is 3.85. The second-order valence-electron chi connectivity index (χ2n) is 4.78. The van der Waals surface area contributed by atoms with Crippen LogP contribution < -0.4 is 5.56 Å². The van der Waals surface area contributed by atoms with Crippen LogP contribution in [0.25, 0.3) is 11.0 Å². The van der Waals surface area contributed by atoms with Crippen LogP contribution in [0.5, 0.6) is 0 Å². The number of benzene rings is 1. The molecule has 0 N–H and O–H groups in total. The molecule has 0 spiro atoms. The van der Waals surface area contributed by atoms with Gasteiger partial charge in [-0.25, -0.2) is 9.78 Å². The Morgan fingerprint density at radius 1 is 1.35 bits per heavy atom. The van der Waals surface area contributed by atoms with Gasteiger partial charge in [-0.15, -0.1) is 0 Å². The van der Waals surface area contributed by atoms with E-state index >= 15 is 0 Å². The fraction of sp³-hybridized carbons (Fsp3) is 0.125. The monoisotopic (exact) mass is 327 g/mol. The number of ether oxygens (including phenoxy) is 1. The molecule has 0 atom stereocenters. The molecular formula is C16H13N3O3S. The molecule has 116 valence electrons. The molecule has 3 rings (SSSR count). The van der Waals surface area contributed by atoms with E-state index in [4.69, 9.17) is 4.74 Å². The molecule has 2 aromatic heterocycles. The summed E-state index contributed by atoms with van der Waals surface area (Å²) in [5.41, 5.74) is 1.30. The molecule has 0 fully saturated rings. The van der Waals surface area contributed by atoms with Gasteiger partial charge in [0, 0.05) is 17.8 Å². The third kappa shape index (κ3) is 3.70. The quantitative estimate of drug-likeness (QED) is 0.542. The molecule has 0 aliphatic heterocycles. The Balaban J connectivity index is 1.66. The van der Waals surface area contributed by atoms with Crippen molar-refractivity contribution in [1.29, 1.82) is 0 Å². The molecule has 1 aromatic carbocycles. The topological polar surface area (TPSA) is 73.6 Å². The predicted molar refractivity (Wildman–Crippen MR) is 87.1 cm³/mol. The molecule has 0 amide bonds. The van der Waals surface area contributed by atoms with E-state index in [0.717, 1.165) is 5.56 Å². The van der Waals surface area contributed by atoms with Crippen molar-refractivity contribution in [3.05, 3.63) is 69.1 Å². The van der Waals surface area contributed by atoms with Gasteiger partial charge in [0.15, 0.2) is 5.01 Å². The van der Waals surface area contributed by atoms with Gasteiger partial charge in [0.05, 0.1) is 0 Å². The molecule has 0 radical (unpaired) electrons. The van der Waals surface area contributed by atoms with Crippen molar-refractivity contribution in [2.24, 2.45) is 0 Å². The van der Waals surface area contributed by atoms with Gasteiger partial charge in [0.2, 0.25) is 4.96 Å². The van der Waals surface area contributed by atoms with Gasteiger partial charge in [-0.2, -0.15) is 9.61 Å². The number of aromatic nitrogens is 3. The zero-order valence-electron chi connectivity index (χ0n) is 12.3. The van der Waals surface area contributed by atoms with Gasteiger partial charge >= 0.3 is 5.97 Å². The molecule has 0 bridgehead atoms. The highest BCUT2D eigenvalue weighted by atomic mass is 32.1. The minimum atomic E-state index is -0.468. The fourth-order valence-corrected chi connectivity index (χ4v) is 2.79. The van der Waals surface area contributed by atoms with E-state index in [1.165, 1.54) is 28.0 Å². The Bertz CT molecular complexity index is 929. The molecular weight excluding hydrogens is 314 g/mol. The lowest BCUT2D eigenvalue weighted by Gasteiger charge is -1.97. The molecule has 0 unspecified atom stereocenters. The summed E-state index contributed by atoms with van der Waals surface area (Å²) in [5.74, 6) is -0.468. The van der Waals surface area contributed by atoms with Crippen molar-refractivity contribution in [2.75, 3.05) is 0 Å². The number of carbonyl (C=O) groups excluding carboxylic acids is 1. The van der Waals surface area contributed by atoms with Crippen molar-refractivity contribution in [3.8, 4) is 0 Å². The number of rotatable bonds is 4. The minimum Gasteiger partial charge on any atom is -0.455 e. The Hall–Kier alpha value is -2.80. The largest absolute Gasteiger partial charge is 0.455 e. The maximum absolute atomic E-state index is 11.8. The van der Waals surface area contributed by atoms with Gasteiger partial charge in [-0.05, 0) is 18.6 Å². The summed E-state index contributed by atoms with van der Waals surface area (Å²) in [4.78, 5) is 28.2. The number of esters is 1.